The number of nitrogens with one attached hydrogen (secondary N) is 1. The van der Waals surface area contributed by atoms with E-state index in [1.165, 1.54) is 0 Å². The quantitative estimate of drug-likeness (QED) is 0.704. The van der Waals surface area contributed by atoms with E-state index in [1.54, 1.807) is 7.11 Å². The Labute approximate surface area is 108 Å². The molecule has 0 amide bonds. The molecule has 1 rings (SSSR count). The maximum absolute atomic E-state index is 5.58. The summed E-state index contributed by atoms with van der Waals surface area (Å²) in [6.45, 7) is 5.90. The van der Waals surface area contributed by atoms with Gasteiger partial charge in [0.15, 0.2) is 0 Å². The second-order valence-electron chi connectivity index (χ2n) is 3.75. The molecular formula is C12H21N3O3. The van der Waals surface area contributed by atoms with Crippen LogP contribution in [-0.4, -0.2) is 50.6 Å². The first kappa shape index (κ1) is 14.7. The van der Waals surface area contributed by atoms with E-state index in [2.05, 4.69) is 15.3 Å². The van der Waals surface area contributed by atoms with E-state index >= 15 is 0 Å². The van der Waals surface area contributed by atoms with Crippen LogP contribution < -0.4 is 10.1 Å². The summed E-state index contributed by atoms with van der Waals surface area (Å²) in [5, 5.41) is 3.02. The molecule has 18 heavy (non-hydrogen) atoms. The molecule has 102 valence electrons. The van der Waals surface area contributed by atoms with Gasteiger partial charge in [-0.05, 0) is 13.8 Å². The molecule has 6 heteroatoms. The van der Waals surface area contributed by atoms with Gasteiger partial charge in [0.1, 0.15) is 18.2 Å². The third-order valence-electron chi connectivity index (χ3n) is 2.35. The molecule has 0 saturated heterocycles. The third-order valence-corrected chi connectivity index (χ3v) is 2.35. The molecular weight excluding hydrogens is 234 g/mol. The fourth-order valence-electron chi connectivity index (χ4n) is 1.43. The topological polar surface area (TPSA) is 65.5 Å². The van der Waals surface area contributed by atoms with Crippen molar-refractivity contribution in [1.29, 1.82) is 0 Å². The number of ether oxygens (including phenoxy) is 3. The predicted molar refractivity (Wildman–Crippen MR) is 69.2 cm³/mol. The van der Waals surface area contributed by atoms with Crippen molar-refractivity contribution in [2.24, 2.45) is 0 Å². The largest absolute Gasteiger partial charge is 0.475 e. The number of anilines is 1. The molecule has 0 unspecified atom stereocenters. The highest BCUT2D eigenvalue weighted by molar-refractivity contribution is 5.47. The van der Waals surface area contributed by atoms with Crippen molar-refractivity contribution < 1.29 is 14.2 Å². The molecule has 0 spiro atoms. The molecule has 1 N–H and O–H groups in total. The molecule has 1 heterocycles. The standard InChI is InChI=1S/C12H21N3O3/c1-9-11(13-3)14-10(2)15-12(9)18-8-7-17-6-5-16-4/h5-8H2,1-4H3,(H,13,14,15). The van der Waals surface area contributed by atoms with Gasteiger partial charge < -0.3 is 19.5 Å². The smallest absolute Gasteiger partial charge is 0.221 e. The summed E-state index contributed by atoms with van der Waals surface area (Å²) in [5.74, 6) is 2.07. The average Bonchev–Trinajstić information content (AvgIpc) is 2.37. The summed E-state index contributed by atoms with van der Waals surface area (Å²) in [7, 11) is 3.47. The van der Waals surface area contributed by atoms with Gasteiger partial charge in [-0.15, -0.1) is 0 Å². The molecule has 1 aromatic rings. The normalized spacial score (nSPS) is 10.4. The number of hydrogen-bond donors (Lipinski definition) is 1. The molecule has 0 radical (unpaired) electrons. The zero-order valence-electron chi connectivity index (χ0n) is 11.4. The predicted octanol–water partition coefficient (Wildman–Crippen LogP) is 1.18. The fraction of sp³-hybridized carbons (Fsp3) is 0.667. The summed E-state index contributed by atoms with van der Waals surface area (Å²) in [6, 6.07) is 0. The van der Waals surface area contributed by atoms with Gasteiger partial charge in [0, 0.05) is 14.2 Å². The van der Waals surface area contributed by atoms with Crippen LogP contribution in [0.3, 0.4) is 0 Å². The number of nitrogens with zero attached hydrogens (tertiary/aromatic N) is 2. The number of hydrogen-bond acceptors (Lipinski definition) is 6. The van der Waals surface area contributed by atoms with Crippen LogP contribution in [0.25, 0.3) is 0 Å². The molecule has 6 nitrogen and oxygen atoms in total. The Kier molecular flexibility index (Phi) is 6.38. The van der Waals surface area contributed by atoms with E-state index in [-0.39, 0.29) is 0 Å². The van der Waals surface area contributed by atoms with Gasteiger partial charge in [-0.3, -0.25) is 0 Å². The van der Waals surface area contributed by atoms with E-state index in [4.69, 9.17) is 14.2 Å². The van der Waals surface area contributed by atoms with Crippen LogP contribution in [0.2, 0.25) is 0 Å². The van der Waals surface area contributed by atoms with Crippen LogP contribution in [-0.2, 0) is 9.47 Å². The first-order valence-electron chi connectivity index (χ1n) is 5.91. The first-order valence-corrected chi connectivity index (χ1v) is 5.91. The molecule has 0 aliphatic rings. The Bertz CT molecular complexity index is 372. The highest BCUT2D eigenvalue weighted by atomic mass is 16.5. The van der Waals surface area contributed by atoms with E-state index in [0.29, 0.717) is 38.1 Å². The minimum Gasteiger partial charge on any atom is -0.475 e. The molecule has 0 bridgehead atoms. The van der Waals surface area contributed by atoms with Gasteiger partial charge in [-0.2, -0.15) is 4.98 Å². The van der Waals surface area contributed by atoms with Crippen LogP contribution in [0.5, 0.6) is 5.88 Å². The number of aromatic nitrogens is 2. The monoisotopic (exact) mass is 255 g/mol. The summed E-state index contributed by atoms with van der Waals surface area (Å²) >= 11 is 0. The lowest BCUT2D eigenvalue weighted by Crippen LogP contribution is -2.12. The van der Waals surface area contributed by atoms with Gasteiger partial charge in [0.2, 0.25) is 5.88 Å². The zero-order chi connectivity index (χ0) is 13.4. The maximum Gasteiger partial charge on any atom is 0.221 e. The summed E-state index contributed by atoms with van der Waals surface area (Å²) in [6.07, 6.45) is 0. The van der Waals surface area contributed by atoms with Crippen molar-refractivity contribution >= 4 is 5.82 Å². The van der Waals surface area contributed by atoms with Crippen LogP contribution >= 0.6 is 0 Å². The lowest BCUT2D eigenvalue weighted by molar-refractivity contribution is 0.0535. The van der Waals surface area contributed by atoms with Crippen molar-refractivity contribution in [3.05, 3.63) is 11.4 Å². The lowest BCUT2D eigenvalue weighted by Gasteiger charge is -2.12. The molecule has 0 aliphatic carbocycles. The highest BCUT2D eigenvalue weighted by Gasteiger charge is 2.08. The lowest BCUT2D eigenvalue weighted by atomic mass is 10.3. The summed E-state index contributed by atoms with van der Waals surface area (Å²) in [5.41, 5.74) is 0.903. The fourth-order valence-corrected chi connectivity index (χ4v) is 1.43. The van der Waals surface area contributed by atoms with Crippen molar-refractivity contribution in [2.45, 2.75) is 13.8 Å². The van der Waals surface area contributed by atoms with Crippen molar-refractivity contribution in [3.8, 4) is 5.88 Å². The van der Waals surface area contributed by atoms with Crippen LogP contribution in [0, 0.1) is 13.8 Å². The first-order chi connectivity index (χ1) is 8.69. The minimum absolute atomic E-state index is 0.462. The third kappa shape index (κ3) is 4.46. The van der Waals surface area contributed by atoms with Crippen LogP contribution in [0.15, 0.2) is 0 Å². The van der Waals surface area contributed by atoms with Gasteiger partial charge in [-0.25, -0.2) is 4.98 Å². The van der Waals surface area contributed by atoms with Crippen molar-refractivity contribution in [1.82, 2.24) is 9.97 Å². The van der Waals surface area contributed by atoms with Gasteiger partial charge >= 0.3 is 0 Å². The summed E-state index contributed by atoms with van der Waals surface area (Å²) < 4.78 is 15.8. The van der Waals surface area contributed by atoms with E-state index in [0.717, 1.165) is 11.4 Å². The maximum atomic E-state index is 5.58. The Hall–Kier alpha value is -1.40. The number of rotatable bonds is 8. The SMILES string of the molecule is CNc1nc(C)nc(OCCOCCOC)c1C. The van der Waals surface area contributed by atoms with Crippen LogP contribution in [0.4, 0.5) is 5.82 Å². The van der Waals surface area contributed by atoms with Crippen LogP contribution in [0.1, 0.15) is 11.4 Å². The molecule has 0 saturated carbocycles. The minimum atomic E-state index is 0.462. The van der Waals surface area contributed by atoms with E-state index in [9.17, 15) is 0 Å². The number of methoxy groups -OCH3 is 1. The Morgan fingerprint density at radius 3 is 2.44 bits per heavy atom. The van der Waals surface area contributed by atoms with Crippen molar-refractivity contribution in [3.63, 3.8) is 0 Å². The Morgan fingerprint density at radius 2 is 1.78 bits per heavy atom. The molecule has 1 aromatic heterocycles. The molecule has 0 atom stereocenters. The van der Waals surface area contributed by atoms with E-state index in [1.807, 2.05) is 20.9 Å². The second-order valence-corrected chi connectivity index (χ2v) is 3.75. The molecule has 0 aromatic carbocycles. The Morgan fingerprint density at radius 1 is 1.06 bits per heavy atom. The Balaban J connectivity index is 2.44. The average molecular weight is 255 g/mol. The second kappa shape index (κ2) is 7.84. The van der Waals surface area contributed by atoms with E-state index < -0.39 is 0 Å². The summed E-state index contributed by atoms with van der Waals surface area (Å²) in [4.78, 5) is 8.53. The molecule has 0 aliphatic heterocycles. The van der Waals surface area contributed by atoms with Gasteiger partial charge in [-0.1, -0.05) is 0 Å². The van der Waals surface area contributed by atoms with Crippen molar-refractivity contribution in [2.75, 3.05) is 45.9 Å². The zero-order valence-corrected chi connectivity index (χ0v) is 11.4. The number of aryl methyl sites for hydroxylation is 1. The highest BCUT2D eigenvalue weighted by Crippen LogP contribution is 2.21. The van der Waals surface area contributed by atoms with Gasteiger partial charge in [0.25, 0.3) is 0 Å². The van der Waals surface area contributed by atoms with Gasteiger partial charge in [0.05, 0.1) is 25.4 Å². The molecule has 0 fully saturated rings.